The summed E-state index contributed by atoms with van der Waals surface area (Å²) >= 11 is 6.14. The van der Waals surface area contributed by atoms with Gasteiger partial charge in [-0.1, -0.05) is 24.3 Å². The topological polar surface area (TPSA) is 99.0 Å². The summed E-state index contributed by atoms with van der Waals surface area (Å²) < 4.78 is 34.6. The molecule has 2 atom stereocenters. The fourth-order valence-electron chi connectivity index (χ4n) is 4.16. The van der Waals surface area contributed by atoms with Crippen molar-refractivity contribution in [3.8, 4) is 6.07 Å². The number of aryl methyl sites for hydroxylation is 1. The number of ether oxygens (including phenoxy) is 1. The number of nitriles is 1. The summed E-state index contributed by atoms with van der Waals surface area (Å²) in [5.74, 6) is 0.520. The van der Waals surface area contributed by atoms with E-state index in [0.29, 0.717) is 47.3 Å². The number of aromatic nitrogens is 3. The van der Waals surface area contributed by atoms with Crippen LogP contribution in [0, 0.1) is 18.3 Å². The van der Waals surface area contributed by atoms with Crippen LogP contribution in [-0.2, 0) is 4.74 Å². The Kier molecular flexibility index (Phi) is 6.01. The number of hydrogen-bond acceptors (Lipinski definition) is 7. The third-order valence-electron chi connectivity index (χ3n) is 6.05. The Bertz CT molecular complexity index is 1380. The first-order valence-corrected chi connectivity index (χ1v) is 11.3. The van der Waals surface area contributed by atoms with Crippen LogP contribution in [-0.4, -0.2) is 56.8 Å². The lowest BCUT2D eigenvalue weighted by molar-refractivity contribution is 0.00236. The fraction of sp³-hybridized carbons (Fsp3) is 0.333. The van der Waals surface area contributed by atoms with Gasteiger partial charge in [-0.15, -0.1) is 0 Å². The van der Waals surface area contributed by atoms with Gasteiger partial charge in [-0.2, -0.15) is 14.9 Å². The highest BCUT2D eigenvalue weighted by Crippen LogP contribution is 2.36. The fourth-order valence-corrected chi connectivity index (χ4v) is 4.33. The molecule has 3 heterocycles. The van der Waals surface area contributed by atoms with Gasteiger partial charge in [0.05, 0.1) is 29.7 Å². The molecule has 3 aliphatic rings. The lowest BCUT2D eigenvalue weighted by atomic mass is 10.0. The first kappa shape index (κ1) is 23.4. The summed E-state index contributed by atoms with van der Waals surface area (Å²) in [6.45, 7) is 6.34. The Labute approximate surface area is 204 Å². The van der Waals surface area contributed by atoms with Crippen molar-refractivity contribution in [2.75, 3.05) is 18.0 Å². The molecule has 2 aliphatic carbocycles. The predicted molar refractivity (Wildman–Crippen MR) is 128 cm³/mol. The SMILES string of the molecule is C=CN=C1C=C(Cl)C=C/C1=C\c1c(C)nc2c(C#N)c(C(F)F)nn2c1N1CC(OC2CC2O)C1. The van der Waals surface area contributed by atoms with Gasteiger partial charge in [0.25, 0.3) is 6.43 Å². The number of hydrogen-bond donors (Lipinski definition) is 1. The van der Waals surface area contributed by atoms with Crippen molar-refractivity contribution in [2.45, 2.75) is 38.1 Å². The van der Waals surface area contributed by atoms with Crippen molar-refractivity contribution in [3.05, 3.63) is 64.1 Å². The van der Waals surface area contributed by atoms with Crippen LogP contribution in [0.25, 0.3) is 11.7 Å². The van der Waals surface area contributed by atoms with Crippen LogP contribution in [0.3, 0.4) is 0 Å². The van der Waals surface area contributed by atoms with Gasteiger partial charge < -0.3 is 14.7 Å². The molecule has 11 heteroatoms. The van der Waals surface area contributed by atoms with E-state index >= 15 is 0 Å². The van der Waals surface area contributed by atoms with E-state index in [1.165, 1.54) is 10.7 Å². The van der Waals surface area contributed by atoms with Gasteiger partial charge in [0.2, 0.25) is 0 Å². The number of allylic oxidation sites excluding steroid dienone is 5. The molecule has 2 aromatic rings. The van der Waals surface area contributed by atoms with Gasteiger partial charge in [-0.3, -0.25) is 4.99 Å². The van der Waals surface area contributed by atoms with Crippen LogP contribution in [0.1, 0.15) is 35.4 Å². The van der Waals surface area contributed by atoms with Crippen LogP contribution in [0.4, 0.5) is 14.6 Å². The first-order chi connectivity index (χ1) is 16.8. The molecule has 0 bridgehead atoms. The Morgan fingerprint density at radius 1 is 1.40 bits per heavy atom. The molecule has 1 saturated heterocycles. The highest BCUT2D eigenvalue weighted by molar-refractivity contribution is 6.35. The van der Waals surface area contributed by atoms with Crippen molar-refractivity contribution in [2.24, 2.45) is 4.99 Å². The molecule has 1 saturated carbocycles. The molecule has 35 heavy (non-hydrogen) atoms. The van der Waals surface area contributed by atoms with Crippen LogP contribution in [0.2, 0.25) is 0 Å². The van der Waals surface area contributed by atoms with Gasteiger partial charge in [0, 0.05) is 41.9 Å². The van der Waals surface area contributed by atoms with Crippen molar-refractivity contribution >= 4 is 34.9 Å². The quantitative estimate of drug-likeness (QED) is 0.649. The number of alkyl halides is 2. The molecule has 0 radical (unpaired) electrons. The number of halogens is 3. The molecular weight excluding hydrogens is 478 g/mol. The second-order valence-electron chi connectivity index (χ2n) is 8.51. The number of aliphatic imine (C=N–C) groups is 1. The first-order valence-electron chi connectivity index (χ1n) is 11.0. The van der Waals surface area contributed by atoms with E-state index in [0.717, 1.165) is 5.57 Å². The molecule has 0 amide bonds. The molecular formula is C24H21ClF2N6O2. The summed E-state index contributed by atoms with van der Waals surface area (Å²) in [7, 11) is 0. The summed E-state index contributed by atoms with van der Waals surface area (Å²) in [6.07, 6.45) is 5.44. The number of aliphatic hydroxyl groups excluding tert-OH is 1. The van der Waals surface area contributed by atoms with Gasteiger partial charge >= 0.3 is 0 Å². The highest BCUT2D eigenvalue weighted by atomic mass is 35.5. The van der Waals surface area contributed by atoms with Crippen molar-refractivity contribution in [1.82, 2.24) is 14.6 Å². The van der Waals surface area contributed by atoms with Crippen molar-refractivity contribution in [1.29, 1.82) is 5.26 Å². The maximum Gasteiger partial charge on any atom is 0.283 e. The van der Waals surface area contributed by atoms with Gasteiger partial charge in [-0.05, 0) is 25.2 Å². The zero-order valence-corrected chi connectivity index (χ0v) is 19.5. The van der Waals surface area contributed by atoms with E-state index in [9.17, 15) is 19.1 Å². The summed E-state index contributed by atoms with van der Waals surface area (Å²) in [5.41, 5.74) is 1.68. The molecule has 0 aromatic carbocycles. The monoisotopic (exact) mass is 498 g/mol. The zero-order valence-electron chi connectivity index (χ0n) is 18.7. The smallest absolute Gasteiger partial charge is 0.283 e. The molecule has 1 N–H and O–H groups in total. The van der Waals surface area contributed by atoms with Gasteiger partial charge in [0.1, 0.15) is 23.1 Å². The average Bonchev–Trinajstić information content (AvgIpc) is 3.35. The molecule has 8 nitrogen and oxygen atoms in total. The largest absolute Gasteiger partial charge is 0.390 e. The Morgan fingerprint density at radius 2 is 2.14 bits per heavy atom. The van der Waals surface area contributed by atoms with E-state index in [4.69, 9.17) is 16.3 Å². The molecule has 2 unspecified atom stereocenters. The standard InChI is InChI=1S/C24H21ClF2N6O2/c1-3-29-18-7-14(25)5-4-13(18)6-16-12(2)30-23-17(9-28)21(22(26)27)31-33(23)24(16)32-10-15(11-32)35-20-8-19(20)34/h3-7,15,19-20,22,34H,1,8,10-11H2,2H3/b13-6+,29-18?. The second kappa shape index (κ2) is 9.00. The van der Waals surface area contributed by atoms with Crippen molar-refractivity contribution in [3.63, 3.8) is 0 Å². The molecule has 1 aliphatic heterocycles. The number of aliphatic hydroxyl groups is 1. The summed E-state index contributed by atoms with van der Waals surface area (Å²) in [6, 6.07) is 1.83. The van der Waals surface area contributed by atoms with Crippen molar-refractivity contribution < 1.29 is 18.6 Å². The minimum atomic E-state index is -2.93. The van der Waals surface area contributed by atoms with E-state index in [2.05, 4.69) is 21.7 Å². The zero-order chi connectivity index (χ0) is 24.9. The van der Waals surface area contributed by atoms with Crippen LogP contribution >= 0.6 is 11.6 Å². The third-order valence-corrected chi connectivity index (χ3v) is 6.28. The lowest BCUT2D eigenvalue weighted by Gasteiger charge is -2.41. The minimum absolute atomic E-state index is 0.0709. The van der Waals surface area contributed by atoms with Crippen LogP contribution in [0.15, 0.2) is 46.6 Å². The molecule has 5 rings (SSSR count). The Morgan fingerprint density at radius 3 is 2.77 bits per heavy atom. The highest BCUT2D eigenvalue weighted by Gasteiger charge is 2.42. The normalized spacial score (nSPS) is 24.3. The molecule has 180 valence electrons. The third kappa shape index (κ3) is 4.27. The summed E-state index contributed by atoms with van der Waals surface area (Å²) in [5, 5.41) is 23.7. The number of nitrogens with zero attached hydrogens (tertiary/aromatic N) is 6. The van der Waals surface area contributed by atoms with Crippen LogP contribution < -0.4 is 4.90 Å². The van der Waals surface area contributed by atoms with Gasteiger partial charge in [-0.25, -0.2) is 13.8 Å². The summed E-state index contributed by atoms with van der Waals surface area (Å²) in [4.78, 5) is 10.7. The lowest BCUT2D eigenvalue weighted by Crippen LogP contribution is -2.53. The van der Waals surface area contributed by atoms with E-state index in [1.54, 1.807) is 25.2 Å². The van der Waals surface area contributed by atoms with E-state index in [1.807, 2.05) is 17.0 Å². The predicted octanol–water partition coefficient (Wildman–Crippen LogP) is 3.85. The Hall–Kier alpha value is -3.39. The number of rotatable bonds is 6. The average molecular weight is 499 g/mol. The van der Waals surface area contributed by atoms with Crippen LogP contribution in [0.5, 0.6) is 0 Å². The maximum absolute atomic E-state index is 13.7. The minimum Gasteiger partial charge on any atom is -0.390 e. The molecule has 2 fully saturated rings. The molecule has 0 spiro atoms. The van der Waals surface area contributed by atoms with E-state index < -0.39 is 18.2 Å². The van der Waals surface area contributed by atoms with E-state index in [-0.39, 0.29) is 23.4 Å². The van der Waals surface area contributed by atoms with Gasteiger partial charge in [0.15, 0.2) is 5.65 Å². The maximum atomic E-state index is 13.7. The second-order valence-corrected chi connectivity index (χ2v) is 8.94. The molecule has 2 aromatic heterocycles. The Balaban J connectivity index is 1.64. The number of fused-ring (bicyclic) bond motifs is 1. The number of anilines is 1.